The topological polar surface area (TPSA) is 74.8 Å². The first-order valence-corrected chi connectivity index (χ1v) is 13.1. The van der Waals surface area contributed by atoms with Gasteiger partial charge in [0.15, 0.2) is 5.65 Å². The predicted molar refractivity (Wildman–Crippen MR) is 148 cm³/mol. The summed E-state index contributed by atoms with van der Waals surface area (Å²) in [4.78, 5) is 23.9. The van der Waals surface area contributed by atoms with Crippen LogP contribution in [0.2, 0.25) is 5.02 Å². The van der Waals surface area contributed by atoms with Gasteiger partial charge in [-0.3, -0.25) is 4.79 Å². The Labute approximate surface area is 221 Å². The van der Waals surface area contributed by atoms with Crippen LogP contribution >= 0.6 is 23.4 Å². The molecule has 0 saturated heterocycles. The molecule has 0 radical (unpaired) electrons. The first-order chi connectivity index (χ1) is 18.1. The van der Waals surface area contributed by atoms with Gasteiger partial charge in [0.25, 0.3) is 5.56 Å². The molecule has 3 aromatic heterocycles. The normalized spacial score (nSPS) is 11.3. The van der Waals surface area contributed by atoms with Gasteiger partial charge in [0.05, 0.1) is 38.4 Å². The first kappa shape index (κ1) is 23.3. The SMILES string of the molecule is CSc1nn(-c2ccccc2)c2nc(C)c3c(=O)n(-c4ccccc4)c(Oc4ccccc4Cl)nc3c12. The van der Waals surface area contributed by atoms with E-state index in [1.165, 1.54) is 16.3 Å². The van der Waals surface area contributed by atoms with E-state index in [1.807, 2.05) is 86.0 Å². The summed E-state index contributed by atoms with van der Waals surface area (Å²) in [6.45, 7) is 1.82. The summed E-state index contributed by atoms with van der Waals surface area (Å²) in [5.74, 6) is 0.396. The number of halogens is 1. The van der Waals surface area contributed by atoms with Crippen molar-refractivity contribution in [3.63, 3.8) is 0 Å². The summed E-state index contributed by atoms with van der Waals surface area (Å²) in [7, 11) is 0. The first-order valence-electron chi connectivity index (χ1n) is 11.5. The van der Waals surface area contributed by atoms with E-state index in [0.717, 1.165) is 5.69 Å². The van der Waals surface area contributed by atoms with Crippen molar-refractivity contribution in [2.24, 2.45) is 0 Å². The number of aryl methyl sites for hydroxylation is 1. The fourth-order valence-electron chi connectivity index (χ4n) is 4.31. The fourth-order valence-corrected chi connectivity index (χ4v) is 5.04. The smallest absolute Gasteiger partial charge is 0.310 e. The molecule has 3 heterocycles. The number of nitrogens with zero attached hydrogens (tertiary/aromatic N) is 5. The molecule has 0 spiro atoms. The van der Waals surface area contributed by atoms with E-state index in [9.17, 15) is 4.79 Å². The summed E-state index contributed by atoms with van der Waals surface area (Å²) < 4.78 is 9.44. The molecule has 0 unspecified atom stereocenters. The molecule has 0 amide bonds. The van der Waals surface area contributed by atoms with Crippen molar-refractivity contribution in [2.45, 2.75) is 11.9 Å². The number of para-hydroxylation sites is 3. The van der Waals surface area contributed by atoms with Crippen LogP contribution in [0.3, 0.4) is 0 Å². The molecule has 0 atom stereocenters. The number of pyridine rings is 1. The molecule has 37 heavy (non-hydrogen) atoms. The van der Waals surface area contributed by atoms with Gasteiger partial charge < -0.3 is 4.74 Å². The highest BCUT2D eigenvalue weighted by Crippen LogP contribution is 2.35. The van der Waals surface area contributed by atoms with Crippen molar-refractivity contribution in [3.05, 3.63) is 106 Å². The average molecular weight is 526 g/mol. The quantitative estimate of drug-likeness (QED) is 0.236. The van der Waals surface area contributed by atoms with Gasteiger partial charge in [-0.15, -0.1) is 11.8 Å². The van der Waals surface area contributed by atoms with Crippen LogP contribution < -0.4 is 10.3 Å². The Morgan fingerprint density at radius 1 is 0.838 bits per heavy atom. The van der Waals surface area contributed by atoms with Gasteiger partial charge in [-0.1, -0.05) is 60.1 Å². The zero-order valence-electron chi connectivity index (χ0n) is 19.9. The average Bonchev–Trinajstić information content (AvgIpc) is 3.29. The number of ether oxygens (including phenoxy) is 1. The van der Waals surface area contributed by atoms with E-state index >= 15 is 0 Å². The zero-order chi connectivity index (χ0) is 25.5. The highest BCUT2D eigenvalue weighted by molar-refractivity contribution is 7.98. The number of hydrogen-bond acceptors (Lipinski definition) is 6. The Kier molecular flexibility index (Phi) is 5.90. The molecule has 3 aromatic carbocycles. The molecule has 0 saturated carbocycles. The van der Waals surface area contributed by atoms with Crippen LogP contribution in [0.25, 0.3) is 33.3 Å². The standard InChI is InChI=1S/C28H20ClN5O2S/c1-17-22-24(23-25(30-17)34(32-26(23)37-2)19-13-7-4-8-14-19)31-28(36-21-16-10-9-15-20(21)29)33(27(22)35)18-11-5-3-6-12-18/h3-16H,1-2H3. The molecule has 0 aliphatic heterocycles. The second kappa shape index (κ2) is 9.38. The van der Waals surface area contributed by atoms with Crippen LogP contribution in [0.5, 0.6) is 11.8 Å². The lowest BCUT2D eigenvalue weighted by Crippen LogP contribution is -2.22. The third-order valence-electron chi connectivity index (χ3n) is 6.00. The number of aromatic nitrogens is 5. The van der Waals surface area contributed by atoms with E-state index in [4.69, 9.17) is 31.4 Å². The molecular formula is C28H20ClN5O2S. The number of thioether (sulfide) groups is 1. The van der Waals surface area contributed by atoms with Crippen LogP contribution in [0.4, 0.5) is 0 Å². The minimum absolute atomic E-state index is 0.100. The highest BCUT2D eigenvalue weighted by atomic mass is 35.5. The Morgan fingerprint density at radius 2 is 1.49 bits per heavy atom. The lowest BCUT2D eigenvalue weighted by Gasteiger charge is -2.15. The van der Waals surface area contributed by atoms with E-state index < -0.39 is 0 Å². The third-order valence-corrected chi connectivity index (χ3v) is 6.98. The zero-order valence-corrected chi connectivity index (χ0v) is 21.5. The van der Waals surface area contributed by atoms with Gasteiger partial charge in [-0.05, 0) is 49.6 Å². The lowest BCUT2D eigenvalue weighted by molar-refractivity contribution is 0.427. The van der Waals surface area contributed by atoms with Crippen molar-refractivity contribution in [1.82, 2.24) is 24.3 Å². The van der Waals surface area contributed by atoms with Crippen LogP contribution in [-0.4, -0.2) is 30.6 Å². The maximum Gasteiger partial charge on any atom is 0.310 e. The maximum atomic E-state index is 14.1. The van der Waals surface area contributed by atoms with Gasteiger partial charge in [0, 0.05) is 0 Å². The van der Waals surface area contributed by atoms with Crippen LogP contribution in [0, 0.1) is 6.92 Å². The molecule has 182 valence electrons. The van der Waals surface area contributed by atoms with E-state index in [1.54, 1.807) is 16.8 Å². The van der Waals surface area contributed by atoms with Crippen molar-refractivity contribution < 1.29 is 4.74 Å². The third kappa shape index (κ3) is 3.94. The fraction of sp³-hybridized carbons (Fsp3) is 0.0714. The lowest BCUT2D eigenvalue weighted by atomic mass is 10.2. The molecule has 0 fully saturated rings. The molecule has 0 N–H and O–H groups in total. The highest BCUT2D eigenvalue weighted by Gasteiger charge is 2.24. The number of rotatable bonds is 5. The summed E-state index contributed by atoms with van der Waals surface area (Å²) >= 11 is 7.87. The molecule has 0 bridgehead atoms. The largest absolute Gasteiger partial charge is 0.424 e. The molecule has 0 aliphatic carbocycles. The van der Waals surface area contributed by atoms with Crippen molar-refractivity contribution in [1.29, 1.82) is 0 Å². The molecular weight excluding hydrogens is 506 g/mol. The predicted octanol–water partition coefficient (Wildman–Crippen LogP) is 6.60. The molecule has 0 aliphatic rings. The van der Waals surface area contributed by atoms with Crippen LogP contribution in [-0.2, 0) is 0 Å². The minimum atomic E-state index is -0.287. The van der Waals surface area contributed by atoms with Crippen molar-refractivity contribution >= 4 is 45.3 Å². The number of benzene rings is 3. The van der Waals surface area contributed by atoms with Gasteiger partial charge in [-0.25, -0.2) is 14.2 Å². The number of fused-ring (bicyclic) bond motifs is 3. The van der Waals surface area contributed by atoms with Gasteiger partial charge >= 0.3 is 6.01 Å². The Bertz CT molecular complexity index is 1840. The molecule has 9 heteroatoms. The summed E-state index contributed by atoms with van der Waals surface area (Å²) in [5, 5.41) is 7.04. The van der Waals surface area contributed by atoms with Crippen molar-refractivity contribution in [3.8, 4) is 23.1 Å². The monoisotopic (exact) mass is 525 g/mol. The Hall–Kier alpha value is -4.14. The van der Waals surface area contributed by atoms with Gasteiger partial charge in [0.1, 0.15) is 10.8 Å². The van der Waals surface area contributed by atoms with Crippen molar-refractivity contribution in [2.75, 3.05) is 6.26 Å². The van der Waals surface area contributed by atoms with E-state index in [2.05, 4.69) is 0 Å². The molecule has 6 aromatic rings. The van der Waals surface area contributed by atoms with Gasteiger partial charge in [0.2, 0.25) is 0 Å². The molecule has 7 nitrogen and oxygen atoms in total. The second-order valence-corrected chi connectivity index (χ2v) is 9.48. The Balaban J connectivity index is 1.73. The maximum absolute atomic E-state index is 14.1. The van der Waals surface area contributed by atoms with Crippen LogP contribution in [0.15, 0.2) is 94.7 Å². The number of hydrogen-bond donors (Lipinski definition) is 0. The second-order valence-electron chi connectivity index (χ2n) is 8.28. The van der Waals surface area contributed by atoms with Gasteiger partial charge in [-0.2, -0.15) is 10.1 Å². The van der Waals surface area contributed by atoms with E-state index in [0.29, 0.717) is 49.1 Å². The van der Waals surface area contributed by atoms with E-state index in [-0.39, 0.29) is 11.6 Å². The molecule has 6 rings (SSSR count). The Morgan fingerprint density at radius 3 is 2.16 bits per heavy atom. The summed E-state index contributed by atoms with van der Waals surface area (Å²) in [5.41, 5.74) is 2.85. The van der Waals surface area contributed by atoms with Crippen LogP contribution in [0.1, 0.15) is 5.69 Å². The summed E-state index contributed by atoms with van der Waals surface area (Å²) in [6, 6.07) is 26.2. The minimum Gasteiger partial charge on any atom is -0.424 e. The summed E-state index contributed by atoms with van der Waals surface area (Å²) in [6.07, 6.45) is 1.94.